The van der Waals surface area contributed by atoms with Gasteiger partial charge in [-0.3, -0.25) is 4.79 Å². The van der Waals surface area contributed by atoms with E-state index in [1.165, 1.54) is 11.3 Å². The van der Waals surface area contributed by atoms with Gasteiger partial charge in [0.15, 0.2) is 5.69 Å². The van der Waals surface area contributed by atoms with Gasteiger partial charge in [-0.15, -0.1) is 11.3 Å². The summed E-state index contributed by atoms with van der Waals surface area (Å²) in [4.78, 5) is 30.8. The zero-order chi connectivity index (χ0) is 18.9. The summed E-state index contributed by atoms with van der Waals surface area (Å²) in [7, 11) is 0. The Morgan fingerprint density at radius 1 is 1.15 bits per heavy atom. The lowest BCUT2D eigenvalue weighted by atomic mass is 10.1. The first-order chi connectivity index (χ1) is 12.5. The van der Waals surface area contributed by atoms with Crippen LogP contribution in [-0.4, -0.2) is 34.9 Å². The van der Waals surface area contributed by atoms with Crippen LogP contribution in [0, 0.1) is 6.92 Å². The zero-order valence-corrected chi connectivity index (χ0v) is 16.5. The van der Waals surface area contributed by atoms with E-state index in [0.717, 1.165) is 29.8 Å². The average molecular weight is 375 g/mol. The van der Waals surface area contributed by atoms with E-state index in [4.69, 9.17) is 4.74 Å². The van der Waals surface area contributed by atoms with Crippen molar-refractivity contribution in [3.8, 4) is 0 Å². The van der Waals surface area contributed by atoms with E-state index < -0.39 is 5.97 Å². The van der Waals surface area contributed by atoms with Crippen molar-refractivity contribution in [1.82, 2.24) is 9.88 Å². The van der Waals surface area contributed by atoms with Gasteiger partial charge in [-0.1, -0.05) is 37.5 Å². The maximum absolute atomic E-state index is 12.9. The fraction of sp³-hybridized carbons (Fsp3) is 0.450. The highest BCUT2D eigenvalue weighted by Gasteiger charge is 2.19. The van der Waals surface area contributed by atoms with Crippen LogP contribution in [0.3, 0.4) is 0 Å². The molecule has 0 spiro atoms. The van der Waals surface area contributed by atoms with Gasteiger partial charge >= 0.3 is 5.97 Å². The molecule has 140 valence electrons. The molecule has 0 unspecified atom stereocenters. The van der Waals surface area contributed by atoms with E-state index in [0.29, 0.717) is 31.0 Å². The molecule has 0 fully saturated rings. The van der Waals surface area contributed by atoms with Crippen LogP contribution in [0.15, 0.2) is 29.6 Å². The molecule has 0 atom stereocenters. The third-order valence-electron chi connectivity index (χ3n) is 3.98. The quantitative estimate of drug-likeness (QED) is 0.480. The lowest BCUT2D eigenvalue weighted by Gasteiger charge is -2.22. The minimum Gasteiger partial charge on any atom is -0.461 e. The van der Waals surface area contributed by atoms with E-state index in [1.807, 2.05) is 36.1 Å². The van der Waals surface area contributed by atoms with Crippen LogP contribution in [-0.2, 0) is 11.3 Å². The van der Waals surface area contributed by atoms with E-state index in [1.54, 1.807) is 12.3 Å². The molecule has 0 aliphatic heterocycles. The fourth-order valence-corrected chi connectivity index (χ4v) is 3.31. The highest BCUT2D eigenvalue weighted by Crippen LogP contribution is 2.17. The predicted octanol–water partition coefficient (Wildman–Crippen LogP) is 4.46. The number of aromatic nitrogens is 1. The molecule has 2 rings (SSSR count). The Kier molecular flexibility index (Phi) is 7.78. The molecule has 0 aliphatic carbocycles. The molecule has 0 radical (unpaired) electrons. The third-order valence-corrected chi connectivity index (χ3v) is 4.81. The maximum Gasteiger partial charge on any atom is 0.357 e. The number of benzene rings is 1. The monoisotopic (exact) mass is 374 g/mol. The van der Waals surface area contributed by atoms with Gasteiger partial charge in [0.05, 0.1) is 13.2 Å². The number of hydrogen-bond acceptors (Lipinski definition) is 5. The van der Waals surface area contributed by atoms with Crippen molar-refractivity contribution in [3.63, 3.8) is 0 Å². The zero-order valence-electron chi connectivity index (χ0n) is 15.7. The van der Waals surface area contributed by atoms with Crippen molar-refractivity contribution in [1.29, 1.82) is 0 Å². The van der Waals surface area contributed by atoms with E-state index in [-0.39, 0.29) is 5.91 Å². The largest absolute Gasteiger partial charge is 0.461 e. The third kappa shape index (κ3) is 5.66. The molecular weight excluding hydrogens is 348 g/mol. The number of ether oxygens (including phenoxy) is 1. The van der Waals surface area contributed by atoms with Gasteiger partial charge in [0.25, 0.3) is 5.91 Å². The number of carbonyl (C=O) groups excluding carboxylic acids is 2. The number of esters is 1. The number of thiazole rings is 1. The number of carbonyl (C=O) groups is 2. The van der Waals surface area contributed by atoms with E-state index in [9.17, 15) is 9.59 Å². The summed E-state index contributed by atoms with van der Waals surface area (Å²) < 4.78 is 4.98. The molecule has 0 saturated heterocycles. The molecule has 2 aromatic rings. The molecule has 1 aromatic carbocycles. The Bertz CT molecular complexity index is 725. The van der Waals surface area contributed by atoms with Crippen LogP contribution < -0.4 is 0 Å². The Balaban J connectivity index is 2.12. The topological polar surface area (TPSA) is 59.5 Å². The number of amides is 1. The normalized spacial score (nSPS) is 10.6. The van der Waals surface area contributed by atoms with Crippen LogP contribution in [0.1, 0.15) is 64.5 Å². The van der Waals surface area contributed by atoms with Gasteiger partial charge < -0.3 is 9.64 Å². The fourth-order valence-electron chi connectivity index (χ4n) is 2.53. The lowest BCUT2D eigenvalue weighted by Crippen LogP contribution is -2.31. The molecule has 0 bridgehead atoms. The first kappa shape index (κ1) is 20.1. The van der Waals surface area contributed by atoms with Crippen LogP contribution in [0.5, 0.6) is 0 Å². The Hall–Kier alpha value is -2.21. The van der Waals surface area contributed by atoms with Gasteiger partial charge in [-0.2, -0.15) is 0 Å². The standard InChI is InChI=1S/C20H26N2O3S/c1-4-6-7-12-22(19(23)16-10-8-15(3)9-11-16)13-18-21-17(14-26-18)20(24)25-5-2/h8-11,14H,4-7,12-13H2,1-3H3. The highest BCUT2D eigenvalue weighted by molar-refractivity contribution is 7.09. The average Bonchev–Trinajstić information content (AvgIpc) is 3.10. The van der Waals surface area contributed by atoms with Crippen molar-refractivity contribution >= 4 is 23.2 Å². The van der Waals surface area contributed by atoms with Gasteiger partial charge in [0.2, 0.25) is 0 Å². The molecule has 5 nitrogen and oxygen atoms in total. The highest BCUT2D eigenvalue weighted by atomic mass is 32.1. The second kappa shape index (κ2) is 10.1. The van der Waals surface area contributed by atoms with Crippen molar-refractivity contribution in [2.24, 2.45) is 0 Å². The van der Waals surface area contributed by atoms with Crippen LogP contribution in [0.4, 0.5) is 0 Å². The lowest BCUT2D eigenvalue weighted by molar-refractivity contribution is 0.0520. The van der Waals surface area contributed by atoms with Gasteiger partial charge in [0.1, 0.15) is 5.01 Å². The van der Waals surface area contributed by atoms with Gasteiger partial charge in [-0.25, -0.2) is 9.78 Å². The molecule has 0 N–H and O–H groups in total. The Morgan fingerprint density at radius 3 is 2.54 bits per heavy atom. The van der Waals surface area contributed by atoms with Crippen molar-refractivity contribution < 1.29 is 14.3 Å². The summed E-state index contributed by atoms with van der Waals surface area (Å²) in [6.45, 7) is 7.30. The number of nitrogens with zero attached hydrogens (tertiary/aromatic N) is 2. The number of aryl methyl sites for hydroxylation is 1. The maximum atomic E-state index is 12.9. The van der Waals surface area contributed by atoms with Gasteiger partial charge in [0, 0.05) is 17.5 Å². The Morgan fingerprint density at radius 2 is 1.88 bits per heavy atom. The first-order valence-electron chi connectivity index (χ1n) is 9.02. The van der Waals surface area contributed by atoms with Crippen molar-refractivity contribution in [2.45, 2.75) is 46.6 Å². The number of rotatable bonds is 9. The molecular formula is C20H26N2O3S. The SMILES string of the molecule is CCCCCN(Cc1nc(C(=O)OCC)cs1)C(=O)c1ccc(C)cc1. The molecule has 1 aromatic heterocycles. The minimum absolute atomic E-state index is 0.00557. The summed E-state index contributed by atoms with van der Waals surface area (Å²) >= 11 is 1.38. The summed E-state index contributed by atoms with van der Waals surface area (Å²) in [6.07, 6.45) is 3.12. The number of unbranched alkanes of at least 4 members (excludes halogenated alkanes) is 2. The molecule has 0 aliphatic rings. The predicted molar refractivity (Wildman–Crippen MR) is 104 cm³/mol. The smallest absolute Gasteiger partial charge is 0.357 e. The van der Waals surface area contributed by atoms with Crippen LogP contribution in [0.2, 0.25) is 0 Å². The first-order valence-corrected chi connectivity index (χ1v) is 9.90. The molecule has 1 heterocycles. The van der Waals surface area contributed by atoms with Crippen LogP contribution >= 0.6 is 11.3 Å². The minimum atomic E-state index is -0.419. The van der Waals surface area contributed by atoms with E-state index in [2.05, 4.69) is 11.9 Å². The van der Waals surface area contributed by atoms with Gasteiger partial charge in [-0.05, 0) is 32.4 Å². The summed E-state index contributed by atoms with van der Waals surface area (Å²) in [6, 6.07) is 7.60. The number of hydrogen-bond donors (Lipinski definition) is 0. The second-order valence-corrected chi connectivity index (χ2v) is 7.09. The molecule has 1 amide bonds. The van der Waals surface area contributed by atoms with Crippen molar-refractivity contribution in [2.75, 3.05) is 13.2 Å². The molecule has 26 heavy (non-hydrogen) atoms. The summed E-state index contributed by atoms with van der Waals surface area (Å²) in [5.74, 6) is -0.425. The van der Waals surface area contributed by atoms with Crippen LogP contribution in [0.25, 0.3) is 0 Å². The van der Waals surface area contributed by atoms with E-state index >= 15 is 0 Å². The summed E-state index contributed by atoms with van der Waals surface area (Å²) in [5, 5.41) is 2.43. The molecule has 0 saturated carbocycles. The second-order valence-electron chi connectivity index (χ2n) is 6.15. The Labute approximate surface area is 159 Å². The summed E-state index contributed by atoms with van der Waals surface area (Å²) in [5.41, 5.74) is 2.11. The molecule has 6 heteroatoms. The van der Waals surface area contributed by atoms with Crippen molar-refractivity contribution in [3.05, 3.63) is 51.5 Å².